The molecule has 0 aliphatic rings. The average Bonchev–Trinajstić information content (AvgIpc) is 2.85. The summed E-state index contributed by atoms with van der Waals surface area (Å²) < 4.78 is 2.58. The molecule has 0 spiro atoms. The van der Waals surface area contributed by atoms with Gasteiger partial charge in [-0.05, 0) is 44.1 Å². The first-order valence-electron chi connectivity index (χ1n) is 7.54. The molecular weight excluding hydrogens is 282 g/mol. The van der Waals surface area contributed by atoms with Crippen molar-refractivity contribution in [1.82, 2.24) is 14.8 Å². The van der Waals surface area contributed by atoms with Gasteiger partial charge in [-0.1, -0.05) is 38.0 Å². The molecule has 0 amide bonds. The fourth-order valence-corrected chi connectivity index (χ4v) is 2.87. The highest BCUT2D eigenvalue weighted by molar-refractivity contribution is 7.71. The number of unbranched alkanes of at least 4 members (excludes halogenated alkanes) is 1. The van der Waals surface area contributed by atoms with E-state index in [0.717, 1.165) is 30.8 Å². The van der Waals surface area contributed by atoms with Crippen LogP contribution in [0.1, 0.15) is 51.3 Å². The lowest BCUT2D eigenvalue weighted by molar-refractivity contribution is 0.170. The van der Waals surface area contributed by atoms with Crippen molar-refractivity contribution in [2.75, 3.05) is 0 Å². The van der Waals surface area contributed by atoms with Crippen LogP contribution < -0.4 is 0 Å². The molecule has 0 unspecified atom stereocenters. The van der Waals surface area contributed by atoms with Gasteiger partial charge < -0.3 is 5.11 Å². The number of hydrogen-bond acceptors (Lipinski definition) is 3. The van der Waals surface area contributed by atoms with Gasteiger partial charge in [0.25, 0.3) is 0 Å². The fraction of sp³-hybridized carbons (Fsp3) is 0.500. The fourth-order valence-electron chi connectivity index (χ4n) is 2.62. The molecule has 1 aromatic heterocycles. The number of hydrogen-bond donors (Lipinski definition) is 2. The Kier molecular flexibility index (Phi) is 5.70. The molecular formula is C16H23N3OS. The number of nitrogens with one attached hydrogen (secondary N) is 1. The first-order valence-corrected chi connectivity index (χ1v) is 7.95. The highest BCUT2D eigenvalue weighted by Crippen LogP contribution is 2.27. The van der Waals surface area contributed by atoms with Gasteiger partial charge in [0.1, 0.15) is 5.82 Å². The van der Waals surface area contributed by atoms with Gasteiger partial charge in [-0.15, -0.1) is 0 Å². The molecule has 0 radical (unpaired) electrons. The van der Waals surface area contributed by atoms with E-state index in [4.69, 9.17) is 12.2 Å². The molecule has 1 heterocycles. The van der Waals surface area contributed by atoms with Crippen LogP contribution in [-0.2, 0) is 0 Å². The van der Waals surface area contributed by atoms with Crippen LogP contribution in [0.3, 0.4) is 0 Å². The number of aliphatic hydroxyl groups excluding tert-OH is 1. The van der Waals surface area contributed by atoms with Crippen LogP contribution in [0.4, 0.5) is 0 Å². The summed E-state index contributed by atoms with van der Waals surface area (Å²) in [6.45, 7) is 4.00. The molecule has 1 aromatic carbocycles. The number of aromatic nitrogens is 3. The van der Waals surface area contributed by atoms with Crippen molar-refractivity contribution in [1.29, 1.82) is 0 Å². The molecule has 2 atom stereocenters. The van der Waals surface area contributed by atoms with Crippen LogP contribution in [0.25, 0.3) is 5.69 Å². The van der Waals surface area contributed by atoms with Gasteiger partial charge in [0.15, 0.2) is 4.77 Å². The first kappa shape index (κ1) is 15.9. The third-order valence-corrected chi connectivity index (χ3v) is 3.88. The zero-order valence-electron chi connectivity index (χ0n) is 12.6. The molecule has 2 aromatic rings. The van der Waals surface area contributed by atoms with E-state index in [9.17, 15) is 5.11 Å². The largest absolute Gasteiger partial charge is 0.393 e. The van der Waals surface area contributed by atoms with E-state index in [2.05, 4.69) is 17.1 Å². The van der Waals surface area contributed by atoms with Crippen LogP contribution in [0.5, 0.6) is 0 Å². The summed E-state index contributed by atoms with van der Waals surface area (Å²) in [4.78, 5) is 0. The lowest BCUT2D eigenvalue weighted by Gasteiger charge is -2.18. The minimum absolute atomic E-state index is 0.207. The number of benzene rings is 1. The highest BCUT2D eigenvalue weighted by atomic mass is 32.1. The molecule has 5 heteroatoms. The molecule has 2 N–H and O–H groups in total. The van der Waals surface area contributed by atoms with E-state index in [0.29, 0.717) is 11.2 Å². The van der Waals surface area contributed by atoms with Gasteiger partial charge >= 0.3 is 0 Å². The molecule has 0 bridgehead atoms. The smallest absolute Gasteiger partial charge is 0.199 e. The maximum atomic E-state index is 9.78. The minimum atomic E-state index is -0.346. The van der Waals surface area contributed by atoms with Crippen LogP contribution in [0.15, 0.2) is 30.3 Å². The molecule has 21 heavy (non-hydrogen) atoms. The Morgan fingerprint density at radius 2 is 2.05 bits per heavy atom. The SMILES string of the molecule is CCCC[C@@H](C[C@@H](C)O)c1n[nH]c(=S)n1-c1ccccc1. The van der Waals surface area contributed by atoms with E-state index in [1.807, 2.05) is 41.8 Å². The van der Waals surface area contributed by atoms with Gasteiger partial charge in [0, 0.05) is 11.6 Å². The van der Waals surface area contributed by atoms with Gasteiger partial charge in [0.05, 0.1) is 6.10 Å². The Morgan fingerprint density at radius 3 is 2.67 bits per heavy atom. The highest BCUT2D eigenvalue weighted by Gasteiger charge is 2.21. The Bertz CT molecular complexity index is 603. The van der Waals surface area contributed by atoms with E-state index in [1.165, 1.54) is 0 Å². The maximum Gasteiger partial charge on any atom is 0.199 e. The first-order chi connectivity index (χ1) is 10.1. The number of H-pyrrole nitrogens is 1. The van der Waals surface area contributed by atoms with E-state index < -0.39 is 0 Å². The molecule has 0 aliphatic heterocycles. The summed E-state index contributed by atoms with van der Waals surface area (Å²) in [6, 6.07) is 10.0. The topological polar surface area (TPSA) is 53.8 Å². The summed E-state index contributed by atoms with van der Waals surface area (Å²) in [5, 5.41) is 17.1. The van der Waals surface area contributed by atoms with Gasteiger partial charge in [-0.25, -0.2) is 0 Å². The van der Waals surface area contributed by atoms with Gasteiger partial charge in [-0.3, -0.25) is 9.67 Å². The molecule has 4 nitrogen and oxygen atoms in total. The molecule has 0 aliphatic carbocycles. The van der Waals surface area contributed by atoms with E-state index in [-0.39, 0.29) is 12.0 Å². The zero-order valence-corrected chi connectivity index (χ0v) is 13.4. The molecule has 0 saturated heterocycles. The Balaban J connectivity index is 2.39. The number of aliphatic hydroxyl groups is 1. The van der Waals surface area contributed by atoms with E-state index >= 15 is 0 Å². The molecule has 114 valence electrons. The molecule has 0 fully saturated rings. The minimum Gasteiger partial charge on any atom is -0.393 e. The number of rotatable bonds is 7. The summed E-state index contributed by atoms with van der Waals surface area (Å²) in [5.41, 5.74) is 1.01. The Morgan fingerprint density at radius 1 is 1.33 bits per heavy atom. The van der Waals surface area contributed by atoms with Crippen molar-refractivity contribution in [2.24, 2.45) is 0 Å². The zero-order chi connectivity index (χ0) is 15.2. The summed E-state index contributed by atoms with van der Waals surface area (Å²) >= 11 is 5.38. The predicted octanol–water partition coefficient (Wildman–Crippen LogP) is 3.97. The lowest BCUT2D eigenvalue weighted by Crippen LogP contribution is -2.14. The van der Waals surface area contributed by atoms with Crippen molar-refractivity contribution >= 4 is 12.2 Å². The number of aromatic amines is 1. The van der Waals surface area contributed by atoms with Crippen molar-refractivity contribution in [3.63, 3.8) is 0 Å². The van der Waals surface area contributed by atoms with Gasteiger partial charge in [-0.2, -0.15) is 5.10 Å². The second kappa shape index (κ2) is 7.52. The third-order valence-electron chi connectivity index (χ3n) is 3.61. The quantitative estimate of drug-likeness (QED) is 0.761. The van der Waals surface area contributed by atoms with Gasteiger partial charge in [0.2, 0.25) is 0 Å². The monoisotopic (exact) mass is 305 g/mol. The van der Waals surface area contributed by atoms with Crippen LogP contribution >= 0.6 is 12.2 Å². The average molecular weight is 305 g/mol. The maximum absolute atomic E-state index is 9.78. The standard InChI is InChI=1S/C16H23N3OS/c1-3-4-8-13(11-12(2)20)15-17-18-16(21)19(15)14-9-6-5-7-10-14/h5-7,9-10,12-13,20H,3-4,8,11H2,1-2H3,(H,18,21)/t12-,13+/m1/s1. The van der Waals surface area contributed by atoms with E-state index in [1.54, 1.807) is 0 Å². The molecule has 2 rings (SSSR count). The van der Waals surface area contributed by atoms with Crippen molar-refractivity contribution < 1.29 is 5.11 Å². The number of para-hydroxylation sites is 1. The summed E-state index contributed by atoms with van der Waals surface area (Å²) in [6.07, 6.45) is 3.61. The van der Waals surface area contributed by atoms with Crippen LogP contribution in [0.2, 0.25) is 0 Å². The second-order valence-corrected chi connectivity index (χ2v) is 5.87. The molecule has 0 saturated carbocycles. The summed E-state index contributed by atoms with van der Waals surface area (Å²) in [5.74, 6) is 1.12. The van der Waals surface area contributed by atoms with Crippen molar-refractivity contribution in [3.05, 3.63) is 40.9 Å². The normalized spacial score (nSPS) is 14.0. The summed E-state index contributed by atoms with van der Waals surface area (Å²) in [7, 11) is 0. The predicted molar refractivity (Wildman–Crippen MR) is 87.3 cm³/mol. The van der Waals surface area contributed by atoms with Crippen molar-refractivity contribution in [2.45, 2.75) is 51.6 Å². The lowest BCUT2D eigenvalue weighted by atomic mass is 9.95. The second-order valence-electron chi connectivity index (χ2n) is 5.48. The van der Waals surface area contributed by atoms with Crippen LogP contribution in [0, 0.1) is 4.77 Å². The van der Waals surface area contributed by atoms with Crippen LogP contribution in [-0.4, -0.2) is 26.0 Å². The number of nitrogens with zero attached hydrogens (tertiary/aromatic N) is 2. The Hall–Kier alpha value is -1.46. The third kappa shape index (κ3) is 4.02. The van der Waals surface area contributed by atoms with Crippen molar-refractivity contribution in [3.8, 4) is 5.69 Å². The Labute approximate surface area is 130 Å².